The first-order valence-corrected chi connectivity index (χ1v) is 7.33. The Hall–Kier alpha value is -1.60. The van der Waals surface area contributed by atoms with E-state index in [2.05, 4.69) is 27.6 Å². The van der Waals surface area contributed by atoms with Crippen molar-refractivity contribution in [1.29, 1.82) is 0 Å². The third-order valence-corrected chi connectivity index (χ3v) is 2.86. The molecule has 0 spiro atoms. The smallest absolute Gasteiger partial charge is 0.191 e. The van der Waals surface area contributed by atoms with Crippen LogP contribution in [0.2, 0.25) is 0 Å². The van der Waals surface area contributed by atoms with Crippen molar-refractivity contribution in [2.75, 3.05) is 40.0 Å². The van der Waals surface area contributed by atoms with Gasteiger partial charge in [-0.15, -0.1) is 0 Å². The summed E-state index contributed by atoms with van der Waals surface area (Å²) in [6.07, 6.45) is 2.71. The molecule has 0 aromatic carbocycles. The molecule has 0 bridgehead atoms. The highest BCUT2D eigenvalue weighted by Gasteiger charge is 2.00. The lowest BCUT2D eigenvalue weighted by atomic mass is 10.4. The van der Waals surface area contributed by atoms with Crippen molar-refractivity contribution in [3.05, 3.63) is 18.0 Å². The predicted octanol–water partition coefficient (Wildman–Crippen LogP) is 0.528. The van der Waals surface area contributed by atoms with Crippen molar-refractivity contribution in [1.82, 2.24) is 20.4 Å². The van der Waals surface area contributed by atoms with E-state index in [0.29, 0.717) is 19.8 Å². The van der Waals surface area contributed by atoms with Crippen molar-refractivity contribution < 1.29 is 9.47 Å². The van der Waals surface area contributed by atoms with E-state index in [4.69, 9.17) is 9.47 Å². The molecule has 0 atom stereocenters. The van der Waals surface area contributed by atoms with Crippen LogP contribution >= 0.6 is 0 Å². The van der Waals surface area contributed by atoms with E-state index >= 15 is 0 Å². The molecule has 7 heteroatoms. The van der Waals surface area contributed by atoms with Gasteiger partial charge in [0.15, 0.2) is 5.96 Å². The number of aryl methyl sites for hydroxylation is 1. The zero-order valence-electron chi connectivity index (χ0n) is 13.3. The van der Waals surface area contributed by atoms with Gasteiger partial charge in [-0.1, -0.05) is 0 Å². The number of hydrogen-bond acceptors (Lipinski definition) is 4. The van der Waals surface area contributed by atoms with Gasteiger partial charge in [-0.25, -0.2) is 4.99 Å². The number of rotatable bonds is 10. The molecule has 120 valence electrons. The summed E-state index contributed by atoms with van der Waals surface area (Å²) in [6, 6.07) is 1.97. The molecule has 0 saturated heterocycles. The highest BCUT2D eigenvalue weighted by molar-refractivity contribution is 5.79. The van der Waals surface area contributed by atoms with Gasteiger partial charge in [0.25, 0.3) is 0 Å². The highest BCUT2D eigenvalue weighted by Crippen LogP contribution is 1.97. The summed E-state index contributed by atoms with van der Waals surface area (Å²) in [5, 5.41) is 10.6. The first-order valence-electron chi connectivity index (χ1n) is 7.33. The van der Waals surface area contributed by atoms with E-state index in [1.165, 1.54) is 0 Å². The van der Waals surface area contributed by atoms with Crippen LogP contribution in [0.4, 0.5) is 0 Å². The molecule has 0 aliphatic heterocycles. The largest absolute Gasteiger partial charge is 0.382 e. The maximum Gasteiger partial charge on any atom is 0.191 e. The first kappa shape index (κ1) is 17.5. The molecule has 0 unspecified atom stereocenters. The highest BCUT2D eigenvalue weighted by atomic mass is 16.5. The number of ether oxygens (including phenoxy) is 2. The third kappa shape index (κ3) is 7.67. The van der Waals surface area contributed by atoms with E-state index in [-0.39, 0.29) is 0 Å². The van der Waals surface area contributed by atoms with Crippen molar-refractivity contribution >= 4 is 5.96 Å². The zero-order chi connectivity index (χ0) is 15.3. The van der Waals surface area contributed by atoms with E-state index in [1.54, 1.807) is 13.3 Å². The number of aliphatic imine (C=N–C) groups is 1. The Morgan fingerprint density at radius 1 is 1.33 bits per heavy atom. The van der Waals surface area contributed by atoms with Crippen molar-refractivity contribution in [3.63, 3.8) is 0 Å². The minimum Gasteiger partial charge on any atom is -0.382 e. The Kier molecular flexibility index (Phi) is 9.23. The predicted molar refractivity (Wildman–Crippen MR) is 83.3 cm³/mol. The van der Waals surface area contributed by atoms with E-state index in [1.807, 2.05) is 17.8 Å². The summed E-state index contributed by atoms with van der Waals surface area (Å²) in [5.41, 5.74) is 1.08. The number of hydrogen-bond donors (Lipinski definition) is 2. The Bertz CT molecular complexity index is 406. The molecule has 1 aromatic rings. The lowest BCUT2D eigenvalue weighted by molar-refractivity contribution is 0.0698. The van der Waals surface area contributed by atoms with Crippen LogP contribution in [0.15, 0.2) is 17.3 Å². The second kappa shape index (κ2) is 11.1. The summed E-state index contributed by atoms with van der Waals surface area (Å²) in [7, 11) is 3.59. The van der Waals surface area contributed by atoms with Gasteiger partial charge < -0.3 is 20.1 Å². The molecule has 1 rings (SSSR count). The average Bonchev–Trinajstić information content (AvgIpc) is 2.89. The molecule has 0 radical (unpaired) electrons. The van der Waals surface area contributed by atoms with Gasteiger partial charge in [-0.05, 0) is 19.4 Å². The minimum absolute atomic E-state index is 0.607. The quantitative estimate of drug-likeness (QED) is 0.374. The number of nitrogens with zero attached hydrogens (tertiary/aromatic N) is 3. The molecule has 1 heterocycles. The Labute approximate surface area is 126 Å². The van der Waals surface area contributed by atoms with Crippen LogP contribution in [-0.4, -0.2) is 55.8 Å². The van der Waals surface area contributed by atoms with Crippen molar-refractivity contribution in [2.24, 2.45) is 12.0 Å². The van der Waals surface area contributed by atoms with Crippen LogP contribution in [-0.2, 0) is 23.1 Å². The molecule has 0 aliphatic carbocycles. The van der Waals surface area contributed by atoms with Gasteiger partial charge in [0.05, 0.1) is 25.5 Å². The van der Waals surface area contributed by atoms with Crippen molar-refractivity contribution in [2.45, 2.75) is 19.9 Å². The summed E-state index contributed by atoms with van der Waals surface area (Å²) in [4.78, 5) is 4.54. The normalized spacial score (nSPS) is 11.7. The first-order chi connectivity index (χ1) is 10.3. The van der Waals surface area contributed by atoms with Crippen LogP contribution in [0.25, 0.3) is 0 Å². The fraction of sp³-hybridized carbons (Fsp3) is 0.714. The third-order valence-electron chi connectivity index (χ3n) is 2.86. The van der Waals surface area contributed by atoms with Crippen LogP contribution in [0.3, 0.4) is 0 Å². The van der Waals surface area contributed by atoms with Gasteiger partial charge >= 0.3 is 0 Å². The molecule has 0 saturated carbocycles. The number of aromatic nitrogens is 2. The van der Waals surface area contributed by atoms with E-state index in [9.17, 15) is 0 Å². The molecule has 2 N–H and O–H groups in total. The van der Waals surface area contributed by atoms with Gasteiger partial charge in [-0.3, -0.25) is 4.68 Å². The summed E-state index contributed by atoms with van der Waals surface area (Å²) in [6.45, 7) is 6.32. The monoisotopic (exact) mass is 297 g/mol. The lowest BCUT2D eigenvalue weighted by Crippen LogP contribution is -2.38. The molecule has 21 heavy (non-hydrogen) atoms. The topological polar surface area (TPSA) is 72.7 Å². The molecular formula is C14H27N5O2. The summed E-state index contributed by atoms with van der Waals surface area (Å²) in [5.74, 6) is 0.815. The van der Waals surface area contributed by atoms with Crippen molar-refractivity contribution in [3.8, 4) is 0 Å². The summed E-state index contributed by atoms with van der Waals surface area (Å²) >= 11 is 0. The standard InChI is InChI=1S/C14H27N5O2/c1-4-15-14(16-7-5-9-21-11-10-20-3)17-12-13-6-8-18-19(13)2/h6,8H,4-5,7,9-12H2,1-3H3,(H2,15,16,17). The maximum absolute atomic E-state index is 5.41. The Balaban J connectivity index is 2.24. The number of methoxy groups -OCH3 is 1. The van der Waals surface area contributed by atoms with Crippen LogP contribution < -0.4 is 10.6 Å². The molecule has 0 aliphatic rings. The SMILES string of the molecule is CCNC(=NCc1ccnn1C)NCCCOCCOC. The molecule has 1 aromatic heterocycles. The van der Waals surface area contributed by atoms with E-state index < -0.39 is 0 Å². The molecule has 7 nitrogen and oxygen atoms in total. The molecular weight excluding hydrogens is 270 g/mol. The van der Waals surface area contributed by atoms with Gasteiger partial charge in [0.2, 0.25) is 0 Å². The Morgan fingerprint density at radius 2 is 2.19 bits per heavy atom. The van der Waals surface area contributed by atoms with E-state index in [0.717, 1.165) is 37.8 Å². The Morgan fingerprint density at radius 3 is 2.86 bits per heavy atom. The second-order valence-corrected chi connectivity index (χ2v) is 4.53. The second-order valence-electron chi connectivity index (χ2n) is 4.53. The maximum atomic E-state index is 5.41. The van der Waals surface area contributed by atoms with Gasteiger partial charge in [-0.2, -0.15) is 5.10 Å². The number of guanidine groups is 1. The number of nitrogens with one attached hydrogen (secondary N) is 2. The average molecular weight is 297 g/mol. The zero-order valence-corrected chi connectivity index (χ0v) is 13.3. The van der Waals surface area contributed by atoms with Crippen LogP contribution in [0, 0.1) is 0 Å². The van der Waals surface area contributed by atoms with Crippen LogP contribution in [0.1, 0.15) is 19.0 Å². The molecule has 0 fully saturated rings. The van der Waals surface area contributed by atoms with Crippen LogP contribution in [0.5, 0.6) is 0 Å². The fourth-order valence-electron chi connectivity index (χ4n) is 1.68. The van der Waals surface area contributed by atoms with Gasteiger partial charge in [0, 0.05) is 40.1 Å². The summed E-state index contributed by atoms with van der Waals surface area (Å²) < 4.78 is 12.2. The van der Waals surface area contributed by atoms with Gasteiger partial charge in [0.1, 0.15) is 0 Å². The fourth-order valence-corrected chi connectivity index (χ4v) is 1.68. The lowest BCUT2D eigenvalue weighted by Gasteiger charge is -2.11. The molecule has 0 amide bonds. The minimum atomic E-state index is 0.607.